The molecule has 0 radical (unpaired) electrons. The summed E-state index contributed by atoms with van der Waals surface area (Å²) in [5, 5.41) is 47.8. The van der Waals surface area contributed by atoms with Crippen molar-refractivity contribution in [2.75, 3.05) is 19.8 Å². The van der Waals surface area contributed by atoms with Gasteiger partial charge in [-0.15, -0.1) is 0 Å². The molecule has 0 aliphatic carbocycles. The van der Waals surface area contributed by atoms with Crippen LogP contribution >= 0.6 is 0 Å². The van der Waals surface area contributed by atoms with Crippen LogP contribution in [-0.4, -0.2) is 88.1 Å². The van der Waals surface area contributed by atoms with Gasteiger partial charge in [0.1, 0.15) is 37.1 Å². The van der Waals surface area contributed by atoms with E-state index in [2.05, 4.69) is 0 Å². The van der Waals surface area contributed by atoms with Crippen molar-refractivity contribution in [3.05, 3.63) is 0 Å². The molecule has 0 spiro atoms. The number of rotatable bonds is 9. The molecule has 24 heavy (non-hydrogen) atoms. The number of hydrogen-bond acceptors (Lipinski definition) is 9. The van der Waals surface area contributed by atoms with Gasteiger partial charge in [0.25, 0.3) is 0 Å². The number of ether oxygens (including phenoxy) is 3. The molecule has 1 aliphatic heterocycles. The summed E-state index contributed by atoms with van der Waals surface area (Å²) < 4.78 is 15.6. The number of carbonyl (C=O) groups excluding carboxylic acids is 1. The lowest BCUT2D eigenvalue weighted by molar-refractivity contribution is -0.315. The smallest absolute Gasteiger partial charge is 0.309 e. The molecule has 5 atom stereocenters. The zero-order valence-corrected chi connectivity index (χ0v) is 13.9. The molecule has 142 valence electrons. The molecule has 0 aromatic rings. The first-order valence-electron chi connectivity index (χ1n) is 8.12. The Balaban J connectivity index is 2.67. The average molecular weight is 352 g/mol. The summed E-state index contributed by atoms with van der Waals surface area (Å²) >= 11 is 0. The number of hydrogen-bond donors (Lipinski definition) is 5. The normalized spacial score (nSPS) is 30.8. The minimum atomic E-state index is -1.58. The molecule has 9 nitrogen and oxygen atoms in total. The topological polar surface area (TPSA) is 146 Å². The predicted octanol–water partition coefficient (Wildman–Crippen LogP) is -1.86. The monoisotopic (exact) mass is 352 g/mol. The van der Waals surface area contributed by atoms with Crippen molar-refractivity contribution in [3.63, 3.8) is 0 Å². The van der Waals surface area contributed by atoms with Crippen LogP contribution in [0.3, 0.4) is 0 Å². The van der Waals surface area contributed by atoms with E-state index in [1.165, 1.54) is 0 Å². The number of aliphatic hydroxyl groups excluding tert-OH is 5. The quantitative estimate of drug-likeness (QED) is 0.302. The van der Waals surface area contributed by atoms with Crippen LogP contribution in [-0.2, 0) is 19.0 Å². The van der Waals surface area contributed by atoms with Crippen molar-refractivity contribution >= 4 is 5.97 Å². The molecule has 1 heterocycles. The highest BCUT2D eigenvalue weighted by Gasteiger charge is 2.45. The van der Waals surface area contributed by atoms with E-state index in [-0.39, 0.29) is 12.5 Å². The number of carbonyl (C=O) groups is 1. The summed E-state index contributed by atoms with van der Waals surface area (Å²) in [6.45, 7) is 2.36. The summed E-state index contributed by atoms with van der Waals surface area (Å²) in [6.07, 6.45) is -6.91. The van der Waals surface area contributed by atoms with Crippen LogP contribution in [0.1, 0.15) is 26.7 Å². The van der Waals surface area contributed by atoms with Crippen molar-refractivity contribution in [2.45, 2.75) is 63.5 Å². The lowest BCUT2D eigenvalue weighted by Crippen LogP contribution is -2.60. The largest absolute Gasteiger partial charge is 0.463 e. The molecule has 1 rings (SSSR count). The van der Waals surface area contributed by atoms with Crippen molar-refractivity contribution in [1.82, 2.24) is 0 Å². The van der Waals surface area contributed by atoms with Crippen molar-refractivity contribution < 1.29 is 44.5 Å². The van der Waals surface area contributed by atoms with E-state index in [0.717, 1.165) is 0 Å². The third-order valence-electron chi connectivity index (χ3n) is 4.11. The maximum absolute atomic E-state index is 11.9. The summed E-state index contributed by atoms with van der Waals surface area (Å²) in [5.74, 6) is -0.695. The highest BCUT2D eigenvalue weighted by atomic mass is 16.7. The van der Waals surface area contributed by atoms with E-state index in [4.69, 9.17) is 24.4 Å². The Kier molecular flexibility index (Phi) is 9.06. The molecule has 0 unspecified atom stereocenters. The van der Waals surface area contributed by atoms with Crippen LogP contribution < -0.4 is 0 Å². The van der Waals surface area contributed by atoms with Gasteiger partial charge in [0.05, 0.1) is 19.1 Å². The van der Waals surface area contributed by atoms with Gasteiger partial charge in [-0.25, -0.2) is 0 Å². The minimum Gasteiger partial charge on any atom is -0.463 e. The molecule has 1 aliphatic rings. The summed E-state index contributed by atoms with van der Waals surface area (Å²) in [5.41, 5.74) is 0. The molecular weight excluding hydrogens is 324 g/mol. The molecule has 0 aromatic carbocycles. The van der Waals surface area contributed by atoms with Crippen molar-refractivity contribution in [1.29, 1.82) is 0 Å². The Morgan fingerprint density at radius 1 is 1.04 bits per heavy atom. The van der Waals surface area contributed by atoms with Gasteiger partial charge in [-0.3, -0.25) is 4.79 Å². The second-order valence-electron chi connectivity index (χ2n) is 5.78. The molecular formula is C15H28O9. The minimum absolute atomic E-state index is 0.263. The van der Waals surface area contributed by atoms with Gasteiger partial charge in [0.15, 0.2) is 6.29 Å². The fourth-order valence-corrected chi connectivity index (χ4v) is 2.40. The fraction of sp³-hybridized carbons (Fsp3) is 0.933. The molecule has 0 saturated carbocycles. The molecule has 0 bridgehead atoms. The van der Waals surface area contributed by atoms with E-state index in [1.807, 2.05) is 13.8 Å². The Hall–Kier alpha value is -0.810. The van der Waals surface area contributed by atoms with E-state index in [0.29, 0.717) is 12.8 Å². The standard InChI is InChI=1S/C15H28O9/c1-3-8(4-2)14(21)22-7-10-11(18)12(19)13(20)15(24-10)23-9(5-16)6-17/h8-13,15-20H,3-7H2,1-2H3/t10-,11+,12+,13-,15-/m1/s1. The summed E-state index contributed by atoms with van der Waals surface area (Å²) in [7, 11) is 0. The predicted molar refractivity (Wildman–Crippen MR) is 80.8 cm³/mol. The first-order chi connectivity index (χ1) is 11.4. The van der Waals surface area contributed by atoms with Crippen LogP contribution in [0, 0.1) is 5.92 Å². The number of esters is 1. The molecule has 9 heteroatoms. The van der Waals surface area contributed by atoms with E-state index >= 15 is 0 Å². The van der Waals surface area contributed by atoms with Gasteiger partial charge in [-0.1, -0.05) is 13.8 Å². The second-order valence-corrected chi connectivity index (χ2v) is 5.78. The Labute approximate surface area is 140 Å². The van der Waals surface area contributed by atoms with Gasteiger partial charge in [-0.2, -0.15) is 0 Å². The van der Waals surface area contributed by atoms with E-state index < -0.39 is 56.0 Å². The fourth-order valence-electron chi connectivity index (χ4n) is 2.40. The van der Waals surface area contributed by atoms with Crippen molar-refractivity contribution in [2.24, 2.45) is 5.92 Å². The van der Waals surface area contributed by atoms with Crippen LogP contribution in [0.4, 0.5) is 0 Å². The lowest BCUT2D eigenvalue weighted by atomic mass is 9.99. The van der Waals surface area contributed by atoms with Crippen LogP contribution in [0.5, 0.6) is 0 Å². The summed E-state index contributed by atoms with van der Waals surface area (Å²) in [6, 6.07) is 0. The third-order valence-corrected chi connectivity index (χ3v) is 4.11. The van der Waals surface area contributed by atoms with E-state index in [9.17, 15) is 20.1 Å². The Morgan fingerprint density at radius 3 is 2.12 bits per heavy atom. The molecule has 0 amide bonds. The molecule has 1 saturated heterocycles. The number of aliphatic hydroxyl groups is 5. The van der Waals surface area contributed by atoms with E-state index in [1.54, 1.807) is 0 Å². The molecule has 0 aromatic heterocycles. The zero-order chi connectivity index (χ0) is 18.3. The Morgan fingerprint density at radius 2 is 1.62 bits per heavy atom. The highest BCUT2D eigenvalue weighted by molar-refractivity contribution is 5.72. The molecule has 1 fully saturated rings. The third kappa shape index (κ3) is 5.35. The Bertz CT molecular complexity index is 370. The first-order valence-corrected chi connectivity index (χ1v) is 8.12. The zero-order valence-electron chi connectivity index (χ0n) is 13.9. The van der Waals surface area contributed by atoms with Gasteiger partial charge in [0, 0.05) is 0 Å². The SMILES string of the molecule is CCC(CC)C(=O)OC[C@H]1O[C@@H](OC(CO)CO)[C@H](O)[C@@H](O)[C@H]1O. The van der Waals surface area contributed by atoms with Gasteiger partial charge in [-0.05, 0) is 12.8 Å². The first kappa shape index (κ1) is 21.2. The van der Waals surface area contributed by atoms with Crippen LogP contribution in [0.15, 0.2) is 0 Å². The van der Waals surface area contributed by atoms with Crippen LogP contribution in [0.25, 0.3) is 0 Å². The van der Waals surface area contributed by atoms with Gasteiger partial charge < -0.3 is 39.7 Å². The molecule has 5 N–H and O–H groups in total. The maximum atomic E-state index is 11.9. The van der Waals surface area contributed by atoms with Crippen molar-refractivity contribution in [3.8, 4) is 0 Å². The van der Waals surface area contributed by atoms with Crippen LogP contribution in [0.2, 0.25) is 0 Å². The van der Waals surface area contributed by atoms with Gasteiger partial charge >= 0.3 is 5.97 Å². The van der Waals surface area contributed by atoms with Gasteiger partial charge in [0.2, 0.25) is 0 Å². The summed E-state index contributed by atoms with van der Waals surface area (Å²) in [4.78, 5) is 11.9. The maximum Gasteiger partial charge on any atom is 0.309 e. The average Bonchev–Trinajstić information content (AvgIpc) is 2.59. The second kappa shape index (κ2) is 10.2. The lowest BCUT2D eigenvalue weighted by Gasteiger charge is -2.40. The highest BCUT2D eigenvalue weighted by Crippen LogP contribution is 2.24.